The van der Waals surface area contributed by atoms with E-state index in [-0.39, 0.29) is 0 Å². The van der Waals surface area contributed by atoms with Crippen LogP contribution in [-0.4, -0.2) is 19.1 Å². The van der Waals surface area contributed by atoms with Gasteiger partial charge in [0.1, 0.15) is 0 Å². The molecule has 1 heterocycles. The second-order valence-electron chi connectivity index (χ2n) is 4.01. The molecule has 1 unspecified atom stereocenters. The molecule has 1 aromatic carbocycles. The van der Waals surface area contributed by atoms with Crippen LogP contribution in [0, 0.1) is 0 Å². The first-order valence-corrected chi connectivity index (χ1v) is 5.18. The van der Waals surface area contributed by atoms with E-state index >= 15 is 0 Å². The minimum atomic E-state index is 0.693. The zero-order valence-corrected chi connectivity index (χ0v) is 8.09. The minimum absolute atomic E-state index is 0.693. The van der Waals surface area contributed by atoms with E-state index in [0.717, 1.165) is 19.5 Å². The van der Waals surface area contributed by atoms with E-state index in [1.54, 1.807) is 0 Å². The maximum absolute atomic E-state index is 3.44. The normalized spacial score (nSPS) is 22.1. The van der Waals surface area contributed by atoms with Gasteiger partial charge < -0.3 is 10.6 Å². The maximum Gasteiger partial charge on any atom is 0.0367 e. The van der Waals surface area contributed by atoms with Crippen LogP contribution >= 0.6 is 0 Å². The topological polar surface area (TPSA) is 34.0 Å². The molecule has 3 rings (SSSR count). The summed E-state index contributed by atoms with van der Waals surface area (Å²) < 4.78 is 0. The molecule has 0 spiro atoms. The molecular weight excluding hydrogens is 172 g/mol. The molecule has 1 aliphatic heterocycles. The first-order chi connectivity index (χ1) is 6.92. The van der Waals surface area contributed by atoms with E-state index < -0.39 is 0 Å². The number of allylic oxidation sites excluding steroid dienone is 1. The summed E-state index contributed by atoms with van der Waals surface area (Å²) in [7, 11) is 0. The van der Waals surface area contributed by atoms with Crippen molar-refractivity contribution in [2.75, 3.05) is 18.4 Å². The smallest absolute Gasteiger partial charge is 0.0367 e. The van der Waals surface area contributed by atoms with Gasteiger partial charge in [-0.05, 0) is 29.7 Å². The van der Waals surface area contributed by atoms with Crippen LogP contribution in [0.2, 0.25) is 0 Å². The maximum atomic E-state index is 3.44. The van der Waals surface area contributed by atoms with Crippen LogP contribution in [-0.2, 0) is 6.42 Å². The molecule has 1 saturated heterocycles. The van der Waals surface area contributed by atoms with Gasteiger partial charge in [-0.1, -0.05) is 18.2 Å². The molecule has 1 aliphatic carbocycles. The van der Waals surface area contributed by atoms with Gasteiger partial charge in [0.15, 0.2) is 0 Å². The lowest BCUT2D eigenvalue weighted by atomic mass is 10.1. The van der Waals surface area contributed by atoms with Crippen molar-refractivity contribution in [2.24, 2.45) is 0 Å². The molecule has 0 amide bonds. The van der Waals surface area contributed by atoms with Crippen molar-refractivity contribution in [2.45, 2.75) is 12.5 Å². The SMILES string of the molecule is C1=Cc2cc(NCC3CN3)ccc2C1. The highest BCUT2D eigenvalue weighted by atomic mass is 15.1. The van der Waals surface area contributed by atoms with E-state index in [9.17, 15) is 0 Å². The predicted octanol–water partition coefficient (Wildman–Crippen LogP) is 1.64. The minimum Gasteiger partial charge on any atom is -0.383 e. The van der Waals surface area contributed by atoms with Crippen LogP contribution < -0.4 is 10.6 Å². The molecule has 0 bridgehead atoms. The Bertz CT molecular complexity index is 378. The summed E-state index contributed by atoms with van der Waals surface area (Å²) in [6, 6.07) is 7.33. The molecule has 0 radical (unpaired) electrons. The molecule has 2 heteroatoms. The Balaban J connectivity index is 1.74. The molecule has 1 atom stereocenters. The summed E-state index contributed by atoms with van der Waals surface area (Å²) in [6.45, 7) is 2.21. The fourth-order valence-corrected chi connectivity index (χ4v) is 1.83. The van der Waals surface area contributed by atoms with Gasteiger partial charge in [-0.3, -0.25) is 0 Å². The average molecular weight is 186 g/mol. The largest absolute Gasteiger partial charge is 0.383 e. The van der Waals surface area contributed by atoms with Crippen molar-refractivity contribution in [3.05, 3.63) is 35.4 Å². The molecule has 0 aromatic heterocycles. The number of rotatable bonds is 3. The Morgan fingerprint density at radius 1 is 1.43 bits per heavy atom. The number of anilines is 1. The highest BCUT2D eigenvalue weighted by molar-refractivity contribution is 5.65. The van der Waals surface area contributed by atoms with E-state index in [1.807, 2.05) is 0 Å². The van der Waals surface area contributed by atoms with E-state index in [1.165, 1.54) is 16.8 Å². The molecule has 1 fully saturated rings. The first-order valence-electron chi connectivity index (χ1n) is 5.18. The predicted molar refractivity (Wildman–Crippen MR) is 59.5 cm³/mol. The molecule has 2 aliphatic rings. The fourth-order valence-electron chi connectivity index (χ4n) is 1.83. The summed E-state index contributed by atoms with van der Waals surface area (Å²) in [6.07, 6.45) is 5.52. The number of hydrogen-bond acceptors (Lipinski definition) is 2. The van der Waals surface area contributed by atoms with Gasteiger partial charge in [-0.2, -0.15) is 0 Å². The second-order valence-corrected chi connectivity index (χ2v) is 4.01. The van der Waals surface area contributed by atoms with Crippen molar-refractivity contribution in [3.63, 3.8) is 0 Å². The average Bonchev–Trinajstić information content (AvgIpc) is 2.92. The Labute approximate surface area is 84.0 Å². The third-order valence-electron chi connectivity index (χ3n) is 2.83. The van der Waals surface area contributed by atoms with Gasteiger partial charge >= 0.3 is 0 Å². The molecule has 2 N–H and O–H groups in total. The van der Waals surface area contributed by atoms with Crippen molar-refractivity contribution >= 4 is 11.8 Å². The summed E-state index contributed by atoms with van der Waals surface area (Å²) >= 11 is 0. The molecule has 2 nitrogen and oxygen atoms in total. The van der Waals surface area contributed by atoms with Crippen molar-refractivity contribution < 1.29 is 0 Å². The van der Waals surface area contributed by atoms with Crippen LogP contribution in [0.5, 0.6) is 0 Å². The second kappa shape index (κ2) is 3.14. The van der Waals surface area contributed by atoms with Gasteiger partial charge in [-0.15, -0.1) is 0 Å². The molecular formula is C12H14N2. The van der Waals surface area contributed by atoms with Crippen molar-refractivity contribution in [1.82, 2.24) is 5.32 Å². The molecule has 72 valence electrons. The zero-order valence-electron chi connectivity index (χ0n) is 8.09. The van der Waals surface area contributed by atoms with Crippen LogP contribution in [0.25, 0.3) is 6.08 Å². The van der Waals surface area contributed by atoms with Gasteiger partial charge in [-0.25, -0.2) is 0 Å². The lowest BCUT2D eigenvalue weighted by molar-refractivity contribution is 0.986. The van der Waals surface area contributed by atoms with Gasteiger partial charge in [0.25, 0.3) is 0 Å². The number of hydrogen-bond donors (Lipinski definition) is 2. The van der Waals surface area contributed by atoms with E-state index in [2.05, 4.69) is 41.0 Å². The quantitative estimate of drug-likeness (QED) is 0.704. The Morgan fingerprint density at radius 3 is 3.21 bits per heavy atom. The Hall–Kier alpha value is -1.28. The molecule has 14 heavy (non-hydrogen) atoms. The highest BCUT2D eigenvalue weighted by Crippen LogP contribution is 2.23. The van der Waals surface area contributed by atoms with Crippen LogP contribution in [0.3, 0.4) is 0 Å². The number of nitrogens with one attached hydrogen (secondary N) is 2. The van der Waals surface area contributed by atoms with Crippen molar-refractivity contribution in [1.29, 1.82) is 0 Å². The summed E-state index contributed by atoms with van der Waals surface area (Å²) in [5.41, 5.74) is 4.06. The van der Waals surface area contributed by atoms with Crippen LogP contribution in [0.15, 0.2) is 24.3 Å². The third-order valence-corrected chi connectivity index (χ3v) is 2.83. The summed E-state index contributed by atoms with van der Waals surface area (Å²) in [5, 5.41) is 6.72. The monoisotopic (exact) mass is 186 g/mol. The van der Waals surface area contributed by atoms with Gasteiger partial charge in [0, 0.05) is 24.8 Å². The Kier molecular flexibility index (Phi) is 1.81. The number of fused-ring (bicyclic) bond motifs is 1. The van der Waals surface area contributed by atoms with Gasteiger partial charge in [0.05, 0.1) is 0 Å². The lowest BCUT2D eigenvalue weighted by Gasteiger charge is -2.06. The molecule has 0 saturated carbocycles. The Morgan fingerprint density at radius 2 is 2.36 bits per heavy atom. The standard InChI is InChI=1S/C12H14N2/c1-2-9-4-5-11(6-10(9)3-1)13-7-12-8-14-12/h1,3-6,12-14H,2,7-8H2. The van der Waals surface area contributed by atoms with E-state index in [4.69, 9.17) is 0 Å². The van der Waals surface area contributed by atoms with Gasteiger partial charge in [0.2, 0.25) is 0 Å². The summed E-state index contributed by atoms with van der Waals surface area (Å²) in [4.78, 5) is 0. The fraction of sp³-hybridized carbons (Fsp3) is 0.333. The highest BCUT2D eigenvalue weighted by Gasteiger charge is 2.19. The van der Waals surface area contributed by atoms with Crippen molar-refractivity contribution in [3.8, 4) is 0 Å². The zero-order chi connectivity index (χ0) is 9.38. The first kappa shape index (κ1) is 8.06. The lowest BCUT2D eigenvalue weighted by Crippen LogP contribution is -2.09. The van der Waals surface area contributed by atoms with E-state index in [0.29, 0.717) is 6.04 Å². The molecule has 1 aromatic rings. The summed E-state index contributed by atoms with van der Waals surface area (Å²) in [5.74, 6) is 0. The number of benzene rings is 1. The third kappa shape index (κ3) is 1.53. The van der Waals surface area contributed by atoms with Crippen LogP contribution in [0.1, 0.15) is 11.1 Å². The van der Waals surface area contributed by atoms with Crippen LogP contribution in [0.4, 0.5) is 5.69 Å².